The van der Waals surface area contributed by atoms with Crippen molar-refractivity contribution in [1.82, 2.24) is 5.32 Å². The average molecular weight is 307 g/mol. The summed E-state index contributed by atoms with van der Waals surface area (Å²) in [5, 5.41) is 3.47. The van der Waals surface area contributed by atoms with E-state index in [1.54, 1.807) is 4.90 Å². The van der Waals surface area contributed by atoms with E-state index in [-0.39, 0.29) is 16.2 Å². The normalized spacial score (nSPS) is 24.0. The fourth-order valence-corrected chi connectivity index (χ4v) is 2.67. The molecule has 6 heteroatoms. The summed E-state index contributed by atoms with van der Waals surface area (Å²) in [5.41, 5.74) is -0.616. The van der Waals surface area contributed by atoms with Crippen LogP contribution >= 0.6 is 11.6 Å². The van der Waals surface area contributed by atoms with E-state index in [1.165, 1.54) is 12.1 Å². The Morgan fingerprint density at radius 3 is 2.70 bits per heavy atom. The molecule has 1 aromatic rings. The van der Waals surface area contributed by atoms with Gasteiger partial charge < -0.3 is 10.2 Å². The number of alkyl halides is 3. The molecule has 0 aliphatic carbocycles. The molecule has 1 N–H and O–H groups in total. The maximum absolute atomic E-state index is 13.2. The van der Waals surface area contributed by atoms with Crippen LogP contribution in [0.4, 0.5) is 18.9 Å². The molecule has 0 bridgehead atoms. The van der Waals surface area contributed by atoms with Crippen LogP contribution in [0.3, 0.4) is 0 Å². The first-order valence-electron chi connectivity index (χ1n) is 6.62. The van der Waals surface area contributed by atoms with Gasteiger partial charge in [0.05, 0.1) is 5.56 Å². The van der Waals surface area contributed by atoms with E-state index in [4.69, 9.17) is 11.6 Å². The van der Waals surface area contributed by atoms with E-state index in [9.17, 15) is 13.2 Å². The summed E-state index contributed by atoms with van der Waals surface area (Å²) in [6.07, 6.45) is -3.54. The second-order valence-corrected chi connectivity index (χ2v) is 5.86. The van der Waals surface area contributed by atoms with Crippen LogP contribution in [0, 0.1) is 0 Å². The van der Waals surface area contributed by atoms with Gasteiger partial charge >= 0.3 is 6.18 Å². The van der Waals surface area contributed by atoms with Crippen LogP contribution in [0.25, 0.3) is 0 Å². The Kier molecular flexibility index (Phi) is 4.21. The minimum atomic E-state index is -4.40. The van der Waals surface area contributed by atoms with Gasteiger partial charge in [-0.3, -0.25) is 0 Å². The third kappa shape index (κ3) is 3.20. The highest BCUT2D eigenvalue weighted by molar-refractivity contribution is 6.30. The molecule has 1 aliphatic heterocycles. The van der Waals surface area contributed by atoms with Gasteiger partial charge in [-0.2, -0.15) is 13.2 Å². The average Bonchev–Trinajstić information content (AvgIpc) is 2.38. The van der Waals surface area contributed by atoms with E-state index in [1.807, 2.05) is 13.8 Å². The topological polar surface area (TPSA) is 15.3 Å². The van der Waals surface area contributed by atoms with E-state index in [0.717, 1.165) is 12.5 Å². The fourth-order valence-electron chi connectivity index (χ4n) is 2.50. The summed E-state index contributed by atoms with van der Waals surface area (Å²) >= 11 is 5.71. The Morgan fingerprint density at radius 1 is 1.40 bits per heavy atom. The maximum atomic E-state index is 13.2. The van der Waals surface area contributed by atoms with Crippen molar-refractivity contribution >= 4 is 17.3 Å². The Morgan fingerprint density at radius 2 is 2.10 bits per heavy atom. The van der Waals surface area contributed by atoms with E-state index in [2.05, 4.69) is 5.32 Å². The molecule has 1 unspecified atom stereocenters. The molecule has 112 valence electrons. The smallest absolute Gasteiger partial charge is 0.368 e. The number of benzene rings is 1. The number of halogens is 4. The monoisotopic (exact) mass is 306 g/mol. The van der Waals surface area contributed by atoms with Crippen molar-refractivity contribution in [2.24, 2.45) is 0 Å². The van der Waals surface area contributed by atoms with Gasteiger partial charge in [0.2, 0.25) is 0 Å². The van der Waals surface area contributed by atoms with Gasteiger partial charge in [-0.15, -0.1) is 0 Å². The van der Waals surface area contributed by atoms with Gasteiger partial charge in [-0.25, -0.2) is 0 Å². The van der Waals surface area contributed by atoms with Gasteiger partial charge in [-0.05, 0) is 31.5 Å². The van der Waals surface area contributed by atoms with Crippen molar-refractivity contribution < 1.29 is 13.2 Å². The standard InChI is InChI=1S/C14H18ClF3N2/c1-3-13(2)9-20(7-6-19-13)12-5-4-10(15)8-11(12)14(16,17)18/h4-5,8,19H,3,6-7,9H2,1-2H3. The fraction of sp³-hybridized carbons (Fsp3) is 0.571. The molecular formula is C14H18ClF3N2. The molecule has 1 atom stereocenters. The maximum Gasteiger partial charge on any atom is 0.418 e. The highest BCUT2D eigenvalue weighted by Crippen LogP contribution is 2.39. The van der Waals surface area contributed by atoms with Crippen molar-refractivity contribution in [3.63, 3.8) is 0 Å². The minimum absolute atomic E-state index is 0.106. The predicted molar refractivity (Wildman–Crippen MR) is 75.4 cm³/mol. The van der Waals surface area contributed by atoms with Crippen molar-refractivity contribution in [2.45, 2.75) is 32.0 Å². The summed E-state index contributed by atoms with van der Waals surface area (Å²) in [4.78, 5) is 1.79. The summed E-state index contributed by atoms with van der Waals surface area (Å²) in [6.45, 7) is 5.84. The Bertz CT molecular complexity index is 490. The molecule has 2 rings (SSSR count). The molecule has 1 aromatic carbocycles. The van der Waals surface area contributed by atoms with Crippen molar-refractivity contribution in [1.29, 1.82) is 0 Å². The number of rotatable bonds is 2. The molecule has 20 heavy (non-hydrogen) atoms. The molecule has 0 saturated carbocycles. The lowest BCUT2D eigenvalue weighted by molar-refractivity contribution is -0.137. The first-order chi connectivity index (χ1) is 9.25. The van der Waals surface area contributed by atoms with E-state index in [0.29, 0.717) is 19.6 Å². The van der Waals surface area contributed by atoms with E-state index < -0.39 is 11.7 Å². The molecule has 1 saturated heterocycles. The summed E-state index contributed by atoms with van der Waals surface area (Å²) in [5.74, 6) is 0. The lowest BCUT2D eigenvalue weighted by Gasteiger charge is -2.43. The van der Waals surface area contributed by atoms with Crippen LogP contribution in [-0.4, -0.2) is 25.2 Å². The SMILES string of the molecule is CCC1(C)CN(c2ccc(Cl)cc2C(F)(F)F)CCN1. The van der Waals surface area contributed by atoms with Crippen LogP contribution in [0.2, 0.25) is 5.02 Å². The van der Waals surface area contributed by atoms with Crippen LogP contribution in [0.1, 0.15) is 25.8 Å². The highest BCUT2D eigenvalue weighted by atomic mass is 35.5. The van der Waals surface area contributed by atoms with Gasteiger partial charge in [-0.1, -0.05) is 18.5 Å². The zero-order valence-corrected chi connectivity index (χ0v) is 12.3. The predicted octanol–water partition coefficient (Wildman–Crippen LogP) is 3.94. The van der Waals surface area contributed by atoms with Crippen LogP contribution < -0.4 is 10.2 Å². The van der Waals surface area contributed by atoms with Crippen molar-refractivity contribution in [3.8, 4) is 0 Å². The first kappa shape index (κ1) is 15.4. The van der Waals surface area contributed by atoms with Crippen molar-refractivity contribution in [2.75, 3.05) is 24.5 Å². The van der Waals surface area contributed by atoms with Crippen LogP contribution in [0.15, 0.2) is 18.2 Å². The third-order valence-corrected chi connectivity index (χ3v) is 4.09. The van der Waals surface area contributed by atoms with Crippen LogP contribution in [0.5, 0.6) is 0 Å². The zero-order valence-electron chi connectivity index (χ0n) is 11.5. The molecule has 1 aliphatic rings. The molecule has 2 nitrogen and oxygen atoms in total. The molecule has 1 fully saturated rings. The largest absolute Gasteiger partial charge is 0.418 e. The van der Waals surface area contributed by atoms with Gasteiger partial charge in [0.15, 0.2) is 0 Å². The Hall–Kier alpha value is -0.940. The molecule has 0 aromatic heterocycles. The lowest BCUT2D eigenvalue weighted by Crippen LogP contribution is -2.58. The summed E-state index contributed by atoms with van der Waals surface area (Å²) in [7, 11) is 0. The lowest BCUT2D eigenvalue weighted by atomic mass is 9.95. The number of anilines is 1. The number of piperazine rings is 1. The molecule has 1 heterocycles. The van der Waals surface area contributed by atoms with Crippen molar-refractivity contribution in [3.05, 3.63) is 28.8 Å². The second kappa shape index (κ2) is 5.45. The van der Waals surface area contributed by atoms with Gasteiger partial charge in [0.1, 0.15) is 0 Å². The molecular weight excluding hydrogens is 289 g/mol. The minimum Gasteiger partial charge on any atom is -0.368 e. The third-order valence-electron chi connectivity index (χ3n) is 3.86. The van der Waals surface area contributed by atoms with E-state index >= 15 is 0 Å². The number of hydrogen-bond donors (Lipinski definition) is 1. The number of hydrogen-bond acceptors (Lipinski definition) is 2. The molecule has 0 amide bonds. The Labute approximate surface area is 121 Å². The first-order valence-corrected chi connectivity index (χ1v) is 7.00. The molecule has 0 spiro atoms. The van der Waals surface area contributed by atoms with Gasteiger partial charge in [0, 0.05) is 35.9 Å². The summed E-state index contributed by atoms with van der Waals surface area (Å²) in [6, 6.07) is 3.98. The number of nitrogens with zero attached hydrogens (tertiary/aromatic N) is 1. The quantitative estimate of drug-likeness (QED) is 0.890. The van der Waals surface area contributed by atoms with Crippen LogP contribution in [-0.2, 0) is 6.18 Å². The Balaban J connectivity index is 2.37. The van der Waals surface area contributed by atoms with Gasteiger partial charge in [0.25, 0.3) is 0 Å². The highest BCUT2D eigenvalue weighted by Gasteiger charge is 2.37. The number of nitrogens with one attached hydrogen (secondary N) is 1. The molecule has 0 radical (unpaired) electrons. The summed E-state index contributed by atoms with van der Waals surface area (Å²) < 4.78 is 39.5. The second-order valence-electron chi connectivity index (χ2n) is 5.42. The zero-order chi connectivity index (χ0) is 15.0.